The van der Waals surface area contributed by atoms with Crippen LogP contribution in [-0.4, -0.2) is 37.2 Å². The van der Waals surface area contributed by atoms with Crippen molar-refractivity contribution >= 4 is 17.9 Å². The Morgan fingerprint density at radius 1 is 0.333 bits per heavy atom. The number of esters is 3. The van der Waals surface area contributed by atoms with E-state index >= 15 is 0 Å². The Hall–Kier alpha value is -2.11. The molecule has 0 spiro atoms. The molecular formula is C54H100O6. The molecule has 0 saturated heterocycles. The molecule has 0 fully saturated rings. The average Bonchev–Trinajstić information content (AvgIpc) is 3.24. The molecule has 6 nitrogen and oxygen atoms in total. The Bertz CT molecular complexity index is 973. The van der Waals surface area contributed by atoms with Crippen molar-refractivity contribution in [3.05, 3.63) is 24.3 Å². The van der Waals surface area contributed by atoms with Crippen LogP contribution in [0.5, 0.6) is 0 Å². The van der Waals surface area contributed by atoms with Crippen LogP contribution in [0.2, 0.25) is 0 Å². The minimum atomic E-state index is -0.775. The summed E-state index contributed by atoms with van der Waals surface area (Å²) in [6, 6.07) is 0. The number of rotatable bonds is 48. The van der Waals surface area contributed by atoms with Crippen molar-refractivity contribution < 1.29 is 28.6 Å². The lowest BCUT2D eigenvalue weighted by molar-refractivity contribution is -0.167. The van der Waals surface area contributed by atoms with Crippen molar-refractivity contribution in [2.24, 2.45) is 0 Å². The summed E-state index contributed by atoms with van der Waals surface area (Å²) in [5.41, 5.74) is 0. The van der Waals surface area contributed by atoms with Gasteiger partial charge >= 0.3 is 17.9 Å². The molecule has 352 valence electrons. The van der Waals surface area contributed by atoms with Gasteiger partial charge in [0.15, 0.2) is 6.10 Å². The van der Waals surface area contributed by atoms with Crippen molar-refractivity contribution in [2.75, 3.05) is 13.2 Å². The van der Waals surface area contributed by atoms with Crippen LogP contribution in [0.4, 0.5) is 0 Å². The zero-order chi connectivity index (χ0) is 43.7. The SMILES string of the molecule is CCCC/C=C\C=C/CCCCCC(=O)OCC(COC(=O)CCCCCCCCCCCCCCCCCCCC)OC(=O)CCCCCCCCCCCCCCC. The van der Waals surface area contributed by atoms with E-state index in [4.69, 9.17) is 14.2 Å². The Kier molecular flexibility index (Phi) is 47.8. The Morgan fingerprint density at radius 3 is 0.933 bits per heavy atom. The van der Waals surface area contributed by atoms with E-state index in [1.54, 1.807) is 0 Å². The highest BCUT2D eigenvalue weighted by Gasteiger charge is 2.19. The van der Waals surface area contributed by atoms with Gasteiger partial charge in [-0.3, -0.25) is 14.4 Å². The summed E-state index contributed by atoms with van der Waals surface area (Å²) < 4.78 is 16.8. The van der Waals surface area contributed by atoms with Gasteiger partial charge in [0.2, 0.25) is 0 Å². The molecule has 0 radical (unpaired) electrons. The third kappa shape index (κ3) is 46.9. The Labute approximate surface area is 373 Å². The summed E-state index contributed by atoms with van der Waals surface area (Å²) in [7, 11) is 0. The number of ether oxygens (including phenoxy) is 3. The highest BCUT2D eigenvalue weighted by Crippen LogP contribution is 2.16. The molecule has 0 heterocycles. The minimum absolute atomic E-state index is 0.0747. The summed E-state index contributed by atoms with van der Waals surface area (Å²) in [4.78, 5) is 37.9. The van der Waals surface area contributed by atoms with E-state index in [1.165, 1.54) is 173 Å². The standard InChI is InChI=1S/C54H100O6/c1-4-7-10-13-16-19-22-24-25-26-27-28-30-32-35-38-41-44-47-53(56)59-50-51(49-58-52(55)46-43-40-37-34-31-21-18-15-12-9-6-3)60-54(57)48-45-42-39-36-33-29-23-20-17-14-11-8-5-2/h15,18,21,31,51H,4-14,16-17,19-20,22-30,32-50H2,1-3H3/b18-15-,31-21-. The van der Waals surface area contributed by atoms with E-state index < -0.39 is 6.10 Å². The first-order chi connectivity index (χ1) is 29.5. The number of hydrogen-bond donors (Lipinski definition) is 0. The maximum absolute atomic E-state index is 12.8. The lowest BCUT2D eigenvalue weighted by Gasteiger charge is -2.18. The molecular weight excluding hydrogens is 745 g/mol. The molecule has 1 unspecified atom stereocenters. The third-order valence-corrected chi connectivity index (χ3v) is 11.7. The molecule has 0 aromatic rings. The first-order valence-corrected chi connectivity index (χ1v) is 26.4. The largest absolute Gasteiger partial charge is 0.462 e. The summed E-state index contributed by atoms with van der Waals surface area (Å²) in [5, 5.41) is 0. The molecule has 0 aliphatic heterocycles. The van der Waals surface area contributed by atoms with E-state index in [2.05, 4.69) is 45.1 Å². The van der Waals surface area contributed by atoms with E-state index in [0.29, 0.717) is 19.3 Å². The second kappa shape index (κ2) is 49.5. The fraction of sp³-hybridized carbons (Fsp3) is 0.870. The van der Waals surface area contributed by atoms with Gasteiger partial charge < -0.3 is 14.2 Å². The van der Waals surface area contributed by atoms with E-state index in [-0.39, 0.29) is 31.1 Å². The highest BCUT2D eigenvalue weighted by atomic mass is 16.6. The molecule has 0 aliphatic rings. The molecule has 0 aromatic heterocycles. The van der Waals surface area contributed by atoms with Gasteiger partial charge in [-0.2, -0.15) is 0 Å². The maximum Gasteiger partial charge on any atom is 0.306 e. The minimum Gasteiger partial charge on any atom is -0.462 e. The van der Waals surface area contributed by atoms with E-state index in [0.717, 1.165) is 70.6 Å². The number of hydrogen-bond acceptors (Lipinski definition) is 6. The van der Waals surface area contributed by atoms with Gasteiger partial charge in [-0.15, -0.1) is 0 Å². The third-order valence-electron chi connectivity index (χ3n) is 11.7. The van der Waals surface area contributed by atoms with Crippen LogP contribution in [0.25, 0.3) is 0 Å². The summed E-state index contributed by atoms with van der Waals surface area (Å²) in [5.74, 6) is -0.889. The second-order valence-corrected chi connectivity index (χ2v) is 17.8. The topological polar surface area (TPSA) is 78.9 Å². The van der Waals surface area contributed by atoms with Crippen LogP contribution in [0.1, 0.15) is 284 Å². The predicted octanol–water partition coefficient (Wildman–Crippen LogP) is 17.2. The molecule has 0 N–H and O–H groups in total. The molecule has 0 amide bonds. The summed E-state index contributed by atoms with van der Waals surface area (Å²) in [6.07, 6.45) is 55.9. The highest BCUT2D eigenvalue weighted by molar-refractivity contribution is 5.71. The van der Waals surface area contributed by atoms with Crippen molar-refractivity contribution in [3.8, 4) is 0 Å². The van der Waals surface area contributed by atoms with Gasteiger partial charge in [0.05, 0.1) is 0 Å². The fourth-order valence-corrected chi connectivity index (χ4v) is 7.72. The predicted molar refractivity (Wildman–Crippen MR) is 256 cm³/mol. The first kappa shape index (κ1) is 57.9. The number of carbonyl (C=O) groups excluding carboxylic acids is 3. The van der Waals surface area contributed by atoms with Crippen molar-refractivity contribution in [1.29, 1.82) is 0 Å². The lowest BCUT2D eigenvalue weighted by atomic mass is 10.0. The molecule has 0 aliphatic carbocycles. The molecule has 0 saturated carbocycles. The number of carbonyl (C=O) groups is 3. The first-order valence-electron chi connectivity index (χ1n) is 26.4. The van der Waals surface area contributed by atoms with Crippen LogP contribution in [0, 0.1) is 0 Å². The van der Waals surface area contributed by atoms with Crippen LogP contribution >= 0.6 is 0 Å². The molecule has 60 heavy (non-hydrogen) atoms. The van der Waals surface area contributed by atoms with Crippen LogP contribution < -0.4 is 0 Å². The Balaban J connectivity index is 4.30. The molecule has 1 atom stereocenters. The number of unbranched alkanes of at least 4 members (excludes halogenated alkanes) is 34. The average molecular weight is 845 g/mol. The van der Waals surface area contributed by atoms with E-state index in [1.807, 2.05) is 0 Å². The van der Waals surface area contributed by atoms with Crippen LogP contribution in [0.15, 0.2) is 24.3 Å². The van der Waals surface area contributed by atoms with Crippen LogP contribution in [0.3, 0.4) is 0 Å². The normalized spacial score (nSPS) is 12.1. The fourth-order valence-electron chi connectivity index (χ4n) is 7.72. The van der Waals surface area contributed by atoms with Gasteiger partial charge in [-0.05, 0) is 38.5 Å². The van der Waals surface area contributed by atoms with Gasteiger partial charge in [-0.1, -0.05) is 251 Å². The monoisotopic (exact) mass is 845 g/mol. The van der Waals surface area contributed by atoms with Gasteiger partial charge in [0.1, 0.15) is 13.2 Å². The van der Waals surface area contributed by atoms with Gasteiger partial charge in [0.25, 0.3) is 0 Å². The lowest BCUT2D eigenvalue weighted by Crippen LogP contribution is -2.30. The Morgan fingerprint density at radius 2 is 0.600 bits per heavy atom. The van der Waals surface area contributed by atoms with Crippen molar-refractivity contribution in [2.45, 2.75) is 290 Å². The van der Waals surface area contributed by atoms with Crippen molar-refractivity contribution in [3.63, 3.8) is 0 Å². The summed E-state index contributed by atoms with van der Waals surface area (Å²) in [6.45, 7) is 6.59. The zero-order valence-corrected chi connectivity index (χ0v) is 40.2. The molecule has 0 rings (SSSR count). The second-order valence-electron chi connectivity index (χ2n) is 17.8. The quantitative estimate of drug-likeness (QED) is 0.0263. The summed E-state index contributed by atoms with van der Waals surface area (Å²) >= 11 is 0. The van der Waals surface area contributed by atoms with Crippen LogP contribution in [-0.2, 0) is 28.6 Å². The molecule has 0 aromatic carbocycles. The molecule has 6 heteroatoms. The van der Waals surface area contributed by atoms with E-state index in [9.17, 15) is 14.4 Å². The maximum atomic E-state index is 12.8. The molecule has 0 bridgehead atoms. The van der Waals surface area contributed by atoms with Gasteiger partial charge in [0, 0.05) is 19.3 Å². The number of allylic oxidation sites excluding steroid dienone is 4. The van der Waals surface area contributed by atoms with Crippen molar-refractivity contribution in [1.82, 2.24) is 0 Å². The van der Waals surface area contributed by atoms with Gasteiger partial charge in [-0.25, -0.2) is 0 Å². The smallest absolute Gasteiger partial charge is 0.306 e. The zero-order valence-electron chi connectivity index (χ0n) is 40.2.